The third kappa shape index (κ3) is 6.37. The lowest BCUT2D eigenvalue weighted by Gasteiger charge is -2.37. The SMILES string of the molecule is CCCC(=O)N1CCN(c2ccc(Cl)cc2NC(=O)COc2ccc(CC)cc2)CC1. The largest absolute Gasteiger partial charge is 0.484 e. The zero-order chi connectivity index (χ0) is 22.2. The quantitative estimate of drug-likeness (QED) is 0.658. The summed E-state index contributed by atoms with van der Waals surface area (Å²) in [5.74, 6) is 0.613. The molecule has 2 aromatic rings. The number of benzene rings is 2. The predicted molar refractivity (Wildman–Crippen MR) is 125 cm³/mol. The summed E-state index contributed by atoms with van der Waals surface area (Å²) in [6.45, 7) is 6.78. The topological polar surface area (TPSA) is 61.9 Å². The summed E-state index contributed by atoms with van der Waals surface area (Å²) in [7, 11) is 0. The van der Waals surface area contributed by atoms with Crippen molar-refractivity contribution in [2.75, 3.05) is 43.0 Å². The molecule has 0 unspecified atom stereocenters. The lowest BCUT2D eigenvalue weighted by molar-refractivity contribution is -0.131. The maximum Gasteiger partial charge on any atom is 0.262 e. The number of nitrogens with zero attached hydrogens (tertiary/aromatic N) is 2. The van der Waals surface area contributed by atoms with Gasteiger partial charge in [0.25, 0.3) is 5.91 Å². The number of halogens is 1. The number of hydrogen-bond acceptors (Lipinski definition) is 4. The third-order valence-corrected chi connectivity index (χ3v) is 5.61. The van der Waals surface area contributed by atoms with Crippen molar-refractivity contribution in [1.82, 2.24) is 4.90 Å². The van der Waals surface area contributed by atoms with Gasteiger partial charge in [-0.05, 0) is 48.7 Å². The van der Waals surface area contributed by atoms with Crippen LogP contribution in [0.3, 0.4) is 0 Å². The maximum atomic E-state index is 12.5. The fourth-order valence-corrected chi connectivity index (χ4v) is 3.78. The molecule has 1 aliphatic rings. The van der Waals surface area contributed by atoms with E-state index in [0.717, 1.165) is 18.5 Å². The van der Waals surface area contributed by atoms with Crippen LogP contribution in [0, 0.1) is 0 Å². The van der Waals surface area contributed by atoms with Crippen molar-refractivity contribution in [3.8, 4) is 5.75 Å². The summed E-state index contributed by atoms with van der Waals surface area (Å²) in [5.41, 5.74) is 2.76. The first-order chi connectivity index (χ1) is 15.0. The van der Waals surface area contributed by atoms with Crippen LogP contribution in [0.4, 0.5) is 11.4 Å². The van der Waals surface area contributed by atoms with Gasteiger partial charge in [-0.2, -0.15) is 0 Å². The standard InChI is InChI=1S/C24H30ClN3O3/c1-3-5-24(30)28-14-12-27(13-15-28)22-11-8-19(25)16-21(22)26-23(29)17-31-20-9-6-18(4-2)7-10-20/h6-11,16H,3-5,12-15,17H2,1-2H3,(H,26,29). The second-order valence-corrected chi connectivity index (χ2v) is 8.05. The molecule has 31 heavy (non-hydrogen) atoms. The fraction of sp³-hybridized carbons (Fsp3) is 0.417. The number of rotatable bonds is 8. The highest BCUT2D eigenvalue weighted by Crippen LogP contribution is 2.30. The molecule has 0 spiro atoms. The van der Waals surface area contributed by atoms with E-state index in [9.17, 15) is 9.59 Å². The van der Waals surface area contributed by atoms with Gasteiger partial charge < -0.3 is 19.9 Å². The average molecular weight is 444 g/mol. The summed E-state index contributed by atoms with van der Waals surface area (Å²) in [6, 6.07) is 13.2. The van der Waals surface area contributed by atoms with Crippen molar-refractivity contribution < 1.29 is 14.3 Å². The third-order valence-electron chi connectivity index (χ3n) is 5.37. The van der Waals surface area contributed by atoms with E-state index in [1.165, 1.54) is 5.56 Å². The highest BCUT2D eigenvalue weighted by molar-refractivity contribution is 6.31. The zero-order valence-corrected chi connectivity index (χ0v) is 19.0. The highest BCUT2D eigenvalue weighted by Gasteiger charge is 2.22. The smallest absolute Gasteiger partial charge is 0.262 e. The first-order valence-electron chi connectivity index (χ1n) is 10.8. The van der Waals surface area contributed by atoms with Crippen molar-refractivity contribution in [3.05, 3.63) is 53.1 Å². The van der Waals surface area contributed by atoms with E-state index in [0.29, 0.717) is 49.1 Å². The van der Waals surface area contributed by atoms with E-state index in [1.807, 2.05) is 48.2 Å². The second-order valence-electron chi connectivity index (χ2n) is 7.61. The Balaban J connectivity index is 1.60. The van der Waals surface area contributed by atoms with Gasteiger partial charge in [0.15, 0.2) is 6.61 Å². The molecule has 1 N–H and O–H groups in total. The van der Waals surface area contributed by atoms with Gasteiger partial charge in [-0.25, -0.2) is 0 Å². The predicted octanol–water partition coefficient (Wildman–Crippen LogP) is 4.37. The Bertz CT molecular complexity index is 893. The van der Waals surface area contributed by atoms with Gasteiger partial charge in [-0.1, -0.05) is 37.6 Å². The molecular weight excluding hydrogens is 414 g/mol. The molecule has 0 atom stereocenters. The van der Waals surface area contributed by atoms with Crippen LogP contribution in [0.5, 0.6) is 5.75 Å². The first-order valence-corrected chi connectivity index (χ1v) is 11.2. The number of amides is 2. The molecule has 1 fully saturated rings. The van der Waals surface area contributed by atoms with Crippen LogP contribution in [0.1, 0.15) is 32.3 Å². The molecule has 1 aliphatic heterocycles. The molecular formula is C24H30ClN3O3. The van der Waals surface area contributed by atoms with Gasteiger partial charge in [0.05, 0.1) is 11.4 Å². The van der Waals surface area contributed by atoms with Crippen LogP contribution in [0.25, 0.3) is 0 Å². The fourth-order valence-electron chi connectivity index (χ4n) is 3.61. The molecule has 7 heteroatoms. The van der Waals surface area contributed by atoms with Crippen LogP contribution >= 0.6 is 11.6 Å². The van der Waals surface area contributed by atoms with E-state index < -0.39 is 0 Å². The molecule has 0 aliphatic carbocycles. The van der Waals surface area contributed by atoms with Crippen molar-refractivity contribution >= 4 is 34.8 Å². The Morgan fingerprint density at radius 3 is 2.39 bits per heavy atom. The number of hydrogen-bond donors (Lipinski definition) is 1. The number of carbonyl (C=O) groups excluding carboxylic acids is 2. The molecule has 166 valence electrons. The summed E-state index contributed by atoms with van der Waals surface area (Å²) >= 11 is 6.19. The molecule has 0 bridgehead atoms. The number of anilines is 2. The number of nitrogens with one attached hydrogen (secondary N) is 1. The summed E-state index contributed by atoms with van der Waals surface area (Å²) < 4.78 is 5.62. The van der Waals surface area contributed by atoms with Crippen LogP contribution in [-0.2, 0) is 16.0 Å². The molecule has 3 rings (SSSR count). The number of aryl methyl sites for hydroxylation is 1. The summed E-state index contributed by atoms with van der Waals surface area (Å²) in [5, 5.41) is 3.47. The number of piperazine rings is 1. The van der Waals surface area contributed by atoms with Crippen LogP contribution in [0.2, 0.25) is 5.02 Å². The van der Waals surface area contributed by atoms with E-state index in [-0.39, 0.29) is 18.4 Å². The molecule has 0 radical (unpaired) electrons. The van der Waals surface area contributed by atoms with Gasteiger partial charge in [0, 0.05) is 37.6 Å². The highest BCUT2D eigenvalue weighted by atomic mass is 35.5. The van der Waals surface area contributed by atoms with Crippen molar-refractivity contribution in [3.63, 3.8) is 0 Å². The normalized spacial score (nSPS) is 13.8. The van der Waals surface area contributed by atoms with E-state index in [4.69, 9.17) is 16.3 Å². The Kier molecular flexibility index (Phi) is 8.18. The molecule has 1 heterocycles. The molecule has 0 aromatic heterocycles. The lowest BCUT2D eigenvalue weighted by Crippen LogP contribution is -2.49. The molecule has 1 saturated heterocycles. The first kappa shape index (κ1) is 22.9. The van der Waals surface area contributed by atoms with Crippen molar-refractivity contribution in [2.24, 2.45) is 0 Å². The minimum absolute atomic E-state index is 0.0866. The van der Waals surface area contributed by atoms with Gasteiger partial charge in [0.1, 0.15) is 5.75 Å². The van der Waals surface area contributed by atoms with Crippen LogP contribution in [-0.4, -0.2) is 49.5 Å². The monoisotopic (exact) mass is 443 g/mol. The summed E-state index contributed by atoms with van der Waals surface area (Å²) in [6.07, 6.45) is 2.40. The van der Waals surface area contributed by atoms with Gasteiger partial charge in [-0.3, -0.25) is 9.59 Å². The van der Waals surface area contributed by atoms with Crippen LogP contribution in [0.15, 0.2) is 42.5 Å². The Morgan fingerprint density at radius 1 is 1.03 bits per heavy atom. The van der Waals surface area contributed by atoms with E-state index >= 15 is 0 Å². The van der Waals surface area contributed by atoms with Crippen LogP contribution < -0.4 is 15.0 Å². The van der Waals surface area contributed by atoms with E-state index in [1.54, 1.807) is 6.07 Å². The Morgan fingerprint density at radius 2 is 1.74 bits per heavy atom. The molecule has 0 saturated carbocycles. The Hall–Kier alpha value is -2.73. The summed E-state index contributed by atoms with van der Waals surface area (Å²) in [4.78, 5) is 28.7. The maximum absolute atomic E-state index is 12.5. The van der Waals surface area contributed by atoms with Gasteiger partial charge in [0.2, 0.25) is 5.91 Å². The second kappa shape index (κ2) is 11.0. The molecule has 2 aromatic carbocycles. The van der Waals surface area contributed by atoms with Crippen molar-refractivity contribution in [2.45, 2.75) is 33.1 Å². The number of ether oxygens (including phenoxy) is 1. The molecule has 2 amide bonds. The molecule has 6 nitrogen and oxygen atoms in total. The Labute approximate surface area is 189 Å². The van der Waals surface area contributed by atoms with Gasteiger partial charge >= 0.3 is 0 Å². The number of carbonyl (C=O) groups is 2. The minimum Gasteiger partial charge on any atom is -0.484 e. The average Bonchev–Trinajstić information content (AvgIpc) is 2.78. The zero-order valence-electron chi connectivity index (χ0n) is 18.2. The minimum atomic E-state index is -0.250. The van der Waals surface area contributed by atoms with Crippen molar-refractivity contribution in [1.29, 1.82) is 0 Å². The lowest BCUT2D eigenvalue weighted by atomic mass is 10.2. The van der Waals surface area contributed by atoms with E-state index in [2.05, 4.69) is 17.1 Å². The van der Waals surface area contributed by atoms with Gasteiger partial charge in [-0.15, -0.1) is 0 Å².